The third-order valence-electron chi connectivity index (χ3n) is 3.79. The van der Waals surface area contributed by atoms with Crippen LogP contribution in [0, 0.1) is 5.92 Å². The first-order valence-electron chi connectivity index (χ1n) is 7.19. The Hall–Kier alpha value is -1.96. The highest BCUT2D eigenvalue weighted by Gasteiger charge is 2.27. The van der Waals surface area contributed by atoms with E-state index in [0.717, 1.165) is 12.8 Å². The second-order valence-electron chi connectivity index (χ2n) is 5.31. The Bertz CT molecular complexity index is 524. The van der Waals surface area contributed by atoms with E-state index in [4.69, 9.17) is 9.26 Å². The van der Waals surface area contributed by atoms with Gasteiger partial charge in [0.25, 0.3) is 0 Å². The Balaban J connectivity index is 1.50. The van der Waals surface area contributed by atoms with Gasteiger partial charge < -0.3 is 19.9 Å². The highest BCUT2D eigenvalue weighted by Crippen LogP contribution is 2.22. The molecule has 8 nitrogen and oxygen atoms in total. The molecule has 2 saturated heterocycles. The molecule has 0 spiro atoms. The number of amides is 2. The number of nitrogens with zero attached hydrogens (tertiary/aromatic N) is 2. The van der Waals surface area contributed by atoms with Crippen molar-refractivity contribution in [2.24, 2.45) is 5.92 Å². The van der Waals surface area contributed by atoms with E-state index >= 15 is 0 Å². The van der Waals surface area contributed by atoms with Crippen molar-refractivity contribution in [3.63, 3.8) is 0 Å². The first-order valence-corrected chi connectivity index (χ1v) is 7.19. The Morgan fingerprint density at radius 2 is 2.14 bits per heavy atom. The van der Waals surface area contributed by atoms with Crippen LogP contribution in [0.5, 0.6) is 0 Å². The predicted molar refractivity (Wildman–Crippen MR) is 69.8 cm³/mol. The molecule has 0 aromatic carbocycles. The van der Waals surface area contributed by atoms with Gasteiger partial charge in [-0.25, -0.2) is 0 Å². The predicted octanol–water partition coefficient (Wildman–Crippen LogP) is 0.0635. The smallest absolute Gasteiger partial charge is 0.249 e. The zero-order chi connectivity index (χ0) is 14.7. The molecule has 2 fully saturated rings. The molecular formula is C13H18N4O4. The minimum atomic E-state index is -0.204. The Morgan fingerprint density at radius 3 is 2.86 bits per heavy atom. The molecule has 114 valence electrons. The first kappa shape index (κ1) is 14.0. The molecule has 2 amide bonds. The molecule has 1 aromatic heterocycles. The SMILES string of the molecule is O=C1CC[C@@H](c2nc(CNC(=O)C3CCOCC3)no2)N1. The molecule has 2 aliphatic heterocycles. The molecule has 0 radical (unpaired) electrons. The van der Waals surface area contributed by atoms with E-state index in [1.54, 1.807) is 0 Å². The van der Waals surface area contributed by atoms with Gasteiger partial charge in [-0.2, -0.15) is 4.98 Å². The van der Waals surface area contributed by atoms with Gasteiger partial charge in [0.2, 0.25) is 17.7 Å². The lowest BCUT2D eigenvalue weighted by atomic mass is 9.99. The maximum Gasteiger partial charge on any atom is 0.249 e. The van der Waals surface area contributed by atoms with Gasteiger partial charge in [0.1, 0.15) is 6.04 Å². The van der Waals surface area contributed by atoms with E-state index in [1.165, 1.54) is 0 Å². The fourth-order valence-corrected chi connectivity index (χ4v) is 2.55. The summed E-state index contributed by atoms with van der Waals surface area (Å²) >= 11 is 0. The first-order chi connectivity index (χ1) is 10.2. The Morgan fingerprint density at radius 1 is 1.33 bits per heavy atom. The fraction of sp³-hybridized carbons (Fsp3) is 0.692. The molecule has 0 saturated carbocycles. The lowest BCUT2D eigenvalue weighted by Gasteiger charge is -2.20. The van der Waals surface area contributed by atoms with Crippen LogP contribution in [0.25, 0.3) is 0 Å². The molecule has 2 aliphatic rings. The van der Waals surface area contributed by atoms with Crippen molar-refractivity contribution in [3.8, 4) is 0 Å². The maximum atomic E-state index is 12.0. The number of nitrogens with one attached hydrogen (secondary N) is 2. The Labute approximate surface area is 121 Å². The van der Waals surface area contributed by atoms with Crippen LogP contribution in [0.15, 0.2) is 4.52 Å². The standard InChI is InChI=1S/C13H18N4O4/c18-11-2-1-9(15-11)13-16-10(17-21-13)7-14-12(19)8-3-5-20-6-4-8/h8-9H,1-7H2,(H,14,19)(H,15,18)/t9-/m0/s1. The molecule has 1 atom stereocenters. The van der Waals surface area contributed by atoms with Gasteiger partial charge in [-0.15, -0.1) is 0 Å². The highest BCUT2D eigenvalue weighted by atomic mass is 16.5. The van der Waals surface area contributed by atoms with Crippen LogP contribution in [0.2, 0.25) is 0 Å². The summed E-state index contributed by atoms with van der Waals surface area (Å²) in [6, 6.07) is -0.204. The van der Waals surface area contributed by atoms with Gasteiger partial charge in [0.15, 0.2) is 5.82 Å². The molecule has 0 bridgehead atoms. The number of carbonyl (C=O) groups excluding carboxylic acids is 2. The lowest BCUT2D eigenvalue weighted by molar-refractivity contribution is -0.128. The molecular weight excluding hydrogens is 276 g/mol. The van der Waals surface area contributed by atoms with Crippen LogP contribution in [0.4, 0.5) is 0 Å². The van der Waals surface area contributed by atoms with Crippen molar-refractivity contribution in [1.29, 1.82) is 0 Å². The molecule has 8 heteroatoms. The molecule has 2 N–H and O–H groups in total. The monoisotopic (exact) mass is 294 g/mol. The summed E-state index contributed by atoms with van der Waals surface area (Å²) in [6.45, 7) is 1.50. The van der Waals surface area contributed by atoms with E-state index < -0.39 is 0 Å². The van der Waals surface area contributed by atoms with Crippen molar-refractivity contribution in [1.82, 2.24) is 20.8 Å². The summed E-state index contributed by atoms with van der Waals surface area (Å²) in [5.74, 6) is 0.813. The maximum absolute atomic E-state index is 12.0. The van der Waals surface area contributed by atoms with Crippen LogP contribution in [0.3, 0.4) is 0 Å². The normalized spacial score (nSPS) is 23.0. The average molecular weight is 294 g/mol. The lowest BCUT2D eigenvalue weighted by Crippen LogP contribution is -2.34. The van der Waals surface area contributed by atoms with Gasteiger partial charge in [-0.3, -0.25) is 9.59 Å². The van der Waals surface area contributed by atoms with E-state index in [1.807, 2.05) is 0 Å². The van der Waals surface area contributed by atoms with Crippen molar-refractivity contribution < 1.29 is 18.8 Å². The number of aromatic nitrogens is 2. The summed E-state index contributed by atoms with van der Waals surface area (Å²) in [5, 5.41) is 9.40. The van der Waals surface area contributed by atoms with Crippen LogP contribution in [0.1, 0.15) is 43.4 Å². The molecule has 0 unspecified atom stereocenters. The third kappa shape index (κ3) is 3.38. The summed E-state index contributed by atoms with van der Waals surface area (Å²) in [4.78, 5) is 27.3. The van der Waals surface area contributed by atoms with Crippen molar-refractivity contribution in [2.75, 3.05) is 13.2 Å². The average Bonchev–Trinajstić information content (AvgIpc) is 3.14. The third-order valence-corrected chi connectivity index (χ3v) is 3.79. The summed E-state index contributed by atoms with van der Waals surface area (Å²) in [5.41, 5.74) is 0. The molecule has 3 heterocycles. The topological polar surface area (TPSA) is 106 Å². The van der Waals surface area contributed by atoms with Gasteiger partial charge in [0.05, 0.1) is 6.54 Å². The fourth-order valence-electron chi connectivity index (χ4n) is 2.55. The largest absolute Gasteiger partial charge is 0.381 e. The summed E-state index contributed by atoms with van der Waals surface area (Å²) in [7, 11) is 0. The number of hydrogen-bond acceptors (Lipinski definition) is 6. The number of ether oxygens (including phenoxy) is 1. The van der Waals surface area contributed by atoms with E-state index in [0.29, 0.717) is 37.8 Å². The zero-order valence-electron chi connectivity index (χ0n) is 11.6. The van der Waals surface area contributed by atoms with Crippen LogP contribution in [-0.4, -0.2) is 35.2 Å². The molecule has 3 rings (SSSR count). The molecule has 1 aromatic rings. The van der Waals surface area contributed by atoms with Gasteiger partial charge in [-0.1, -0.05) is 5.16 Å². The number of rotatable bonds is 4. The quantitative estimate of drug-likeness (QED) is 0.813. The van der Waals surface area contributed by atoms with Crippen LogP contribution < -0.4 is 10.6 Å². The zero-order valence-corrected chi connectivity index (χ0v) is 11.6. The summed E-state index contributed by atoms with van der Waals surface area (Å²) in [6.07, 6.45) is 2.63. The summed E-state index contributed by atoms with van der Waals surface area (Å²) < 4.78 is 10.4. The molecule has 0 aliphatic carbocycles. The minimum Gasteiger partial charge on any atom is -0.381 e. The Kier molecular flexibility index (Phi) is 4.14. The number of hydrogen-bond donors (Lipinski definition) is 2. The van der Waals surface area contributed by atoms with E-state index in [9.17, 15) is 9.59 Å². The van der Waals surface area contributed by atoms with Crippen molar-refractivity contribution in [3.05, 3.63) is 11.7 Å². The van der Waals surface area contributed by atoms with Gasteiger partial charge in [-0.05, 0) is 19.3 Å². The van der Waals surface area contributed by atoms with Crippen LogP contribution in [-0.2, 0) is 20.9 Å². The van der Waals surface area contributed by atoms with Crippen LogP contribution >= 0.6 is 0 Å². The second kappa shape index (κ2) is 6.21. The highest BCUT2D eigenvalue weighted by molar-refractivity contribution is 5.79. The minimum absolute atomic E-state index is 0.000702. The van der Waals surface area contributed by atoms with Gasteiger partial charge in [0, 0.05) is 25.6 Å². The second-order valence-corrected chi connectivity index (χ2v) is 5.31. The van der Waals surface area contributed by atoms with Gasteiger partial charge >= 0.3 is 0 Å². The molecule has 21 heavy (non-hydrogen) atoms. The van der Waals surface area contributed by atoms with E-state index in [-0.39, 0.29) is 30.3 Å². The van der Waals surface area contributed by atoms with E-state index in [2.05, 4.69) is 20.8 Å². The van der Waals surface area contributed by atoms with Crippen molar-refractivity contribution in [2.45, 2.75) is 38.3 Å². The number of carbonyl (C=O) groups is 2. The van der Waals surface area contributed by atoms with Crippen molar-refractivity contribution >= 4 is 11.8 Å².